The Morgan fingerprint density at radius 3 is 2.55 bits per heavy atom. The molecule has 38 heavy (non-hydrogen) atoms. The fourth-order valence-electron chi connectivity index (χ4n) is 6.38. The maximum absolute atomic E-state index is 14.6. The Labute approximate surface area is 238 Å². The molecule has 0 spiro atoms. The molecule has 1 saturated heterocycles. The number of allylic oxidation sites excluding steroid dienone is 4. The Hall–Kier alpha value is -1.60. The highest BCUT2D eigenvalue weighted by atomic mass is 35.5. The van der Waals surface area contributed by atoms with Gasteiger partial charge in [-0.05, 0) is 68.7 Å². The zero-order valence-electron chi connectivity index (χ0n) is 22.7. The molecule has 208 valence electrons. The number of benzene rings is 1. The fourth-order valence-corrected chi connectivity index (χ4v) is 8.37. The van der Waals surface area contributed by atoms with Gasteiger partial charge < -0.3 is 4.90 Å². The number of likely N-dealkylation sites (N-methyl/N-ethyl adjacent to an activating group) is 1. The molecule has 0 bridgehead atoms. The van der Waals surface area contributed by atoms with Crippen LogP contribution >= 0.6 is 23.2 Å². The smallest absolute Gasteiger partial charge is 0.229 e. The number of hydrogen-bond donors (Lipinski definition) is 0. The average Bonchev–Trinajstić information content (AvgIpc) is 3.75. The number of sulfonamides is 1. The summed E-state index contributed by atoms with van der Waals surface area (Å²) in [6.45, 7) is 8.39. The van der Waals surface area contributed by atoms with Crippen molar-refractivity contribution in [3.63, 3.8) is 0 Å². The Bertz CT molecular complexity index is 1210. The second-order valence-electron chi connectivity index (χ2n) is 11.1. The van der Waals surface area contributed by atoms with Crippen molar-refractivity contribution in [3.8, 4) is 0 Å². The van der Waals surface area contributed by atoms with Crippen LogP contribution in [0.25, 0.3) is 0 Å². The summed E-state index contributed by atoms with van der Waals surface area (Å²) >= 11 is 12.8. The monoisotopic (exact) mass is 578 g/mol. The third-order valence-corrected chi connectivity index (χ3v) is 11.6. The van der Waals surface area contributed by atoms with E-state index in [9.17, 15) is 13.2 Å². The van der Waals surface area contributed by atoms with Crippen LogP contribution in [-0.4, -0.2) is 54.5 Å². The molecule has 3 aliphatic rings. The molecule has 1 heterocycles. The first-order valence-corrected chi connectivity index (χ1v) is 16.0. The quantitative estimate of drug-likeness (QED) is 0.268. The number of amides is 1. The van der Waals surface area contributed by atoms with Gasteiger partial charge >= 0.3 is 0 Å². The van der Waals surface area contributed by atoms with Gasteiger partial charge in [-0.1, -0.05) is 67.4 Å². The molecule has 0 radical (unpaired) electrons. The SMILES string of the molecule is C=CC[C@@]1(CC)C[C@H](c2cccc(Cl)c2)[C@@H](C2C=CC(Cl)=CC2)N([C@@H](CC)CN(C)S(=O)(=O)C2CC2)C1=O. The second kappa shape index (κ2) is 11.9. The molecule has 2 fully saturated rings. The predicted molar refractivity (Wildman–Crippen MR) is 157 cm³/mol. The normalized spacial score (nSPS) is 28.9. The first kappa shape index (κ1) is 29.4. The van der Waals surface area contributed by atoms with Crippen molar-refractivity contribution in [1.29, 1.82) is 0 Å². The third-order valence-electron chi connectivity index (χ3n) is 8.76. The van der Waals surface area contributed by atoms with Crippen molar-refractivity contribution in [1.82, 2.24) is 9.21 Å². The Morgan fingerprint density at radius 2 is 2.00 bits per heavy atom. The van der Waals surface area contributed by atoms with E-state index in [1.807, 2.05) is 43.4 Å². The van der Waals surface area contributed by atoms with Crippen molar-refractivity contribution in [2.24, 2.45) is 11.3 Å². The van der Waals surface area contributed by atoms with E-state index >= 15 is 0 Å². The summed E-state index contributed by atoms with van der Waals surface area (Å²) in [7, 11) is -1.71. The highest BCUT2D eigenvalue weighted by molar-refractivity contribution is 7.90. The van der Waals surface area contributed by atoms with E-state index in [-0.39, 0.29) is 41.6 Å². The highest BCUT2D eigenvalue weighted by Crippen LogP contribution is 2.51. The zero-order chi connectivity index (χ0) is 27.7. The van der Waals surface area contributed by atoms with Gasteiger partial charge in [-0.25, -0.2) is 12.7 Å². The van der Waals surface area contributed by atoms with Crippen LogP contribution < -0.4 is 0 Å². The lowest BCUT2D eigenvalue weighted by atomic mass is 9.63. The van der Waals surface area contributed by atoms with Crippen LogP contribution in [0.4, 0.5) is 0 Å². The second-order valence-corrected chi connectivity index (χ2v) is 14.3. The minimum atomic E-state index is -3.37. The Morgan fingerprint density at radius 1 is 1.26 bits per heavy atom. The van der Waals surface area contributed by atoms with Gasteiger partial charge in [0.05, 0.1) is 10.7 Å². The molecule has 1 unspecified atom stereocenters. The molecule has 4 rings (SSSR count). The van der Waals surface area contributed by atoms with Crippen molar-refractivity contribution < 1.29 is 13.2 Å². The van der Waals surface area contributed by atoms with Crippen LogP contribution in [0.5, 0.6) is 0 Å². The molecule has 2 aliphatic carbocycles. The fraction of sp³-hybridized carbons (Fsp3) is 0.567. The molecular weight excluding hydrogens is 539 g/mol. The summed E-state index contributed by atoms with van der Waals surface area (Å²) in [6, 6.07) is 7.53. The third kappa shape index (κ3) is 5.79. The number of carbonyl (C=O) groups excluding carboxylic acids is 1. The Kier molecular flexibility index (Phi) is 9.18. The molecule has 1 saturated carbocycles. The molecule has 8 heteroatoms. The number of carbonyl (C=O) groups is 1. The summed E-state index contributed by atoms with van der Waals surface area (Å²) < 4.78 is 27.7. The molecule has 1 aromatic carbocycles. The van der Waals surface area contributed by atoms with Crippen LogP contribution in [-0.2, 0) is 14.8 Å². The lowest BCUT2D eigenvalue weighted by Crippen LogP contribution is -2.63. The van der Waals surface area contributed by atoms with Crippen LogP contribution in [0.1, 0.15) is 70.3 Å². The number of rotatable bonds is 11. The molecule has 5 nitrogen and oxygen atoms in total. The van der Waals surface area contributed by atoms with Gasteiger partial charge in [0, 0.05) is 47.6 Å². The summed E-state index contributed by atoms with van der Waals surface area (Å²) in [5.74, 6) is 0.162. The first-order valence-electron chi connectivity index (χ1n) is 13.8. The van der Waals surface area contributed by atoms with Crippen LogP contribution in [0.3, 0.4) is 0 Å². The summed E-state index contributed by atoms with van der Waals surface area (Å²) in [4.78, 5) is 16.7. The molecular formula is C30H40Cl2N2O3S. The maximum atomic E-state index is 14.6. The lowest BCUT2D eigenvalue weighted by molar-refractivity contribution is -0.157. The summed E-state index contributed by atoms with van der Waals surface area (Å²) in [5.41, 5.74) is 0.489. The van der Waals surface area contributed by atoms with Crippen LogP contribution in [0.15, 0.2) is 60.2 Å². The molecule has 0 aromatic heterocycles. The van der Waals surface area contributed by atoms with Crippen molar-refractivity contribution in [3.05, 3.63) is 70.8 Å². The lowest BCUT2D eigenvalue weighted by Gasteiger charge is -2.55. The Balaban J connectivity index is 1.83. The number of likely N-dealkylation sites (tertiary alicyclic amines) is 1. The molecule has 1 amide bonds. The molecule has 1 aliphatic heterocycles. The maximum Gasteiger partial charge on any atom is 0.229 e. The number of nitrogens with zero attached hydrogens (tertiary/aromatic N) is 2. The minimum Gasteiger partial charge on any atom is -0.334 e. The van der Waals surface area contributed by atoms with E-state index in [4.69, 9.17) is 23.2 Å². The van der Waals surface area contributed by atoms with E-state index in [2.05, 4.69) is 30.5 Å². The van der Waals surface area contributed by atoms with Crippen LogP contribution in [0.2, 0.25) is 5.02 Å². The van der Waals surface area contributed by atoms with E-state index in [1.165, 1.54) is 4.31 Å². The molecule has 0 N–H and O–H groups in total. The van der Waals surface area contributed by atoms with E-state index in [0.29, 0.717) is 55.0 Å². The average molecular weight is 580 g/mol. The van der Waals surface area contributed by atoms with Crippen molar-refractivity contribution >= 4 is 39.1 Å². The number of piperidine rings is 1. The van der Waals surface area contributed by atoms with Gasteiger partial charge in [0.25, 0.3) is 0 Å². The zero-order valence-corrected chi connectivity index (χ0v) is 25.0. The van der Waals surface area contributed by atoms with Crippen molar-refractivity contribution in [2.45, 2.75) is 82.0 Å². The van der Waals surface area contributed by atoms with Gasteiger partial charge in [-0.15, -0.1) is 6.58 Å². The number of hydrogen-bond acceptors (Lipinski definition) is 3. The molecule has 1 aromatic rings. The van der Waals surface area contributed by atoms with E-state index in [1.54, 1.807) is 7.05 Å². The van der Waals surface area contributed by atoms with Gasteiger partial charge in [0.1, 0.15) is 0 Å². The van der Waals surface area contributed by atoms with Gasteiger partial charge in [0.15, 0.2) is 0 Å². The van der Waals surface area contributed by atoms with E-state index < -0.39 is 15.4 Å². The standard InChI is InChI=1S/C30H40Cl2N2O3S/c1-5-17-30(7-3)19-27(22-9-8-10-24(32)18-22)28(21-11-13-23(31)14-12-21)34(29(30)35)25(6-2)20-33(4)38(36,37)26-15-16-26/h5,8-11,13-14,18,21,25-28H,1,6-7,12,15-17,19-20H2,2-4H3/t21?,25-,27+,28+,30-/m0/s1. The summed E-state index contributed by atoms with van der Waals surface area (Å²) in [6.07, 6.45) is 12.6. The highest BCUT2D eigenvalue weighted by Gasteiger charge is 2.54. The largest absolute Gasteiger partial charge is 0.334 e. The summed E-state index contributed by atoms with van der Waals surface area (Å²) in [5, 5.41) is 1.08. The van der Waals surface area contributed by atoms with Crippen LogP contribution in [0, 0.1) is 11.3 Å². The van der Waals surface area contributed by atoms with Gasteiger partial charge in [0.2, 0.25) is 15.9 Å². The van der Waals surface area contributed by atoms with Crippen molar-refractivity contribution in [2.75, 3.05) is 13.6 Å². The topological polar surface area (TPSA) is 57.7 Å². The number of halogens is 2. The first-order chi connectivity index (χ1) is 18.1. The van der Waals surface area contributed by atoms with Gasteiger partial charge in [-0.3, -0.25) is 4.79 Å². The molecule has 5 atom stereocenters. The minimum absolute atomic E-state index is 0.0191. The van der Waals surface area contributed by atoms with E-state index in [0.717, 1.165) is 5.56 Å². The predicted octanol–water partition coefficient (Wildman–Crippen LogP) is 6.90. The van der Waals surface area contributed by atoms with Gasteiger partial charge in [-0.2, -0.15) is 0 Å².